The highest BCUT2D eigenvalue weighted by Crippen LogP contribution is 2.25. The van der Waals surface area contributed by atoms with Gasteiger partial charge in [0.25, 0.3) is 0 Å². The van der Waals surface area contributed by atoms with Gasteiger partial charge in [-0.3, -0.25) is 4.90 Å². The molecule has 3 N–H and O–H groups in total. The summed E-state index contributed by atoms with van der Waals surface area (Å²) in [6, 6.07) is 10.1. The van der Waals surface area contributed by atoms with E-state index in [0.717, 1.165) is 22.8 Å². The summed E-state index contributed by atoms with van der Waals surface area (Å²) >= 11 is 1.65. The van der Waals surface area contributed by atoms with Gasteiger partial charge >= 0.3 is 0 Å². The van der Waals surface area contributed by atoms with Crippen LogP contribution in [0.2, 0.25) is 0 Å². The Morgan fingerprint density at radius 1 is 1.43 bits per heavy atom. The first-order chi connectivity index (χ1) is 10.1. The number of hydrogen-bond acceptors (Lipinski definition) is 5. The molecule has 2 rings (SSSR count). The molecule has 2 aromatic rings. The molecule has 0 spiro atoms. The average Bonchev–Trinajstić information content (AvgIpc) is 2.90. The van der Waals surface area contributed by atoms with Crippen LogP contribution in [0.15, 0.2) is 40.9 Å². The fourth-order valence-corrected chi connectivity index (χ4v) is 2.89. The minimum absolute atomic E-state index is 0.0455. The standard InChI is InChI=1S/C15H20N4OS/c1-11-17-13(10-21-11)9-19(2)14(8-15(16)18-20)12-6-4-3-5-7-12/h3-7,10,14,20H,8-9H2,1-2H3,(H2,16,18). The zero-order chi connectivity index (χ0) is 15.2. The Kier molecular flexibility index (Phi) is 5.30. The molecule has 6 heteroatoms. The molecule has 0 aliphatic carbocycles. The van der Waals surface area contributed by atoms with E-state index in [4.69, 9.17) is 10.9 Å². The van der Waals surface area contributed by atoms with Crippen molar-refractivity contribution in [2.75, 3.05) is 7.05 Å². The van der Waals surface area contributed by atoms with Crippen molar-refractivity contribution in [3.63, 3.8) is 0 Å². The summed E-state index contributed by atoms with van der Waals surface area (Å²) in [4.78, 5) is 6.66. The van der Waals surface area contributed by atoms with E-state index >= 15 is 0 Å². The highest BCUT2D eigenvalue weighted by molar-refractivity contribution is 7.09. The van der Waals surface area contributed by atoms with Crippen molar-refractivity contribution < 1.29 is 5.21 Å². The third kappa shape index (κ3) is 4.27. The van der Waals surface area contributed by atoms with E-state index in [1.165, 1.54) is 0 Å². The molecule has 0 saturated carbocycles. The largest absolute Gasteiger partial charge is 0.409 e. The highest BCUT2D eigenvalue weighted by Gasteiger charge is 2.19. The van der Waals surface area contributed by atoms with E-state index in [0.29, 0.717) is 6.42 Å². The summed E-state index contributed by atoms with van der Waals surface area (Å²) in [5, 5.41) is 15.1. The maximum absolute atomic E-state index is 8.84. The van der Waals surface area contributed by atoms with E-state index in [1.807, 2.05) is 32.2 Å². The molecular weight excluding hydrogens is 284 g/mol. The van der Waals surface area contributed by atoms with Gasteiger partial charge < -0.3 is 10.9 Å². The number of benzene rings is 1. The molecule has 0 radical (unpaired) electrons. The second kappa shape index (κ2) is 7.19. The number of amidine groups is 1. The fourth-order valence-electron chi connectivity index (χ4n) is 2.29. The third-order valence-corrected chi connectivity index (χ3v) is 4.15. The third-order valence-electron chi connectivity index (χ3n) is 3.33. The van der Waals surface area contributed by atoms with Crippen LogP contribution in [0, 0.1) is 6.92 Å². The molecule has 21 heavy (non-hydrogen) atoms. The van der Waals surface area contributed by atoms with Gasteiger partial charge in [-0.15, -0.1) is 11.3 Å². The Morgan fingerprint density at radius 3 is 2.71 bits per heavy atom. The monoisotopic (exact) mass is 304 g/mol. The van der Waals surface area contributed by atoms with E-state index in [-0.39, 0.29) is 11.9 Å². The second-order valence-electron chi connectivity index (χ2n) is 4.99. The molecule has 0 aliphatic heterocycles. The van der Waals surface area contributed by atoms with Gasteiger partial charge in [0.05, 0.1) is 10.7 Å². The summed E-state index contributed by atoms with van der Waals surface area (Å²) in [7, 11) is 2.02. The molecule has 0 amide bonds. The van der Waals surface area contributed by atoms with Crippen LogP contribution in [0.5, 0.6) is 0 Å². The number of aromatic nitrogens is 1. The molecule has 0 bridgehead atoms. The lowest BCUT2D eigenvalue weighted by molar-refractivity contribution is 0.236. The van der Waals surface area contributed by atoms with Crippen molar-refractivity contribution in [3.8, 4) is 0 Å². The first-order valence-corrected chi connectivity index (χ1v) is 7.60. The summed E-state index contributed by atoms with van der Waals surface area (Å²) in [6.45, 7) is 2.72. The van der Waals surface area contributed by atoms with Crippen LogP contribution in [0.4, 0.5) is 0 Å². The molecule has 0 aliphatic rings. The minimum Gasteiger partial charge on any atom is -0.409 e. The van der Waals surface area contributed by atoms with Crippen molar-refractivity contribution in [2.24, 2.45) is 10.9 Å². The van der Waals surface area contributed by atoms with Crippen LogP contribution >= 0.6 is 11.3 Å². The van der Waals surface area contributed by atoms with Gasteiger partial charge in [-0.05, 0) is 19.5 Å². The molecule has 1 unspecified atom stereocenters. The predicted molar refractivity (Wildman–Crippen MR) is 85.5 cm³/mol. The summed E-state index contributed by atoms with van der Waals surface area (Å²) in [5.74, 6) is 0.227. The van der Waals surface area contributed by atoms with E-state index in [1.54, 1.807) is 11.3 Å². The average molecular weight is 304 g/mol. The Morgan fingerprint density at radius 2 is 2.14 bits per heavy atom. The first kappa shape index (κ1) is 15.5. The maximum Gasteiger partial charge on any atom is 0.141 e. The topological polar surface area (TPSA) is 74.7 Å². The van der Waals surface area contributed by atoms with Gasteiger partial charge in [0.1, 0.15) is 5.84 Å². The Labute approximate surface area is 128 Å². The molecule has 0 saturated heterocycles. The predicted octanol–water partition coefficient (Wildman–Crippen LogP) is 2.76. The van der Waals surface area contributed by atoms with Crippen LogP contribution in [-0.4, -0.2) is 28.0 Å². The van der Waals surface area contributed by atoms with Gasteiger partial charge in [-0.1, -0.05) is 35.5 Å². The van der Waals surface area contributed by atoms with E-state index < -0.39 is 0 Å². The molecule has 1 atom stereocenters. The number of rotatable bonds is 6. The van der Waals surface area contributed by atoms with Crippen LogP contribution in [0.3, 0.4) is 0 Å². The first-order valence-electron chi connectivity index (χ1n) is 6.72. The minimum atomic E-state index is 0.0455. The van der Waals surface area contributed by atoms with Crippen molar-refractivity contribution >= 4 is 17.2 Å². The summed E-state index contributed by atoms with van der Waals surface area (Å²) in [6.07, 6.45) is 0.472. The summed E-state index contributed by atoms with van der Waals surface area (Å²) in [5.41, 5.74) is 7.89. The lowest BCUT2D eigenvalue weighted by Gasteiger charge is -2.27. The molecule has 112 valence electrons. The van der Waals surface area contributed by atoms with Crippen molar-refractivity contribution in [1.29, 1.82) is 0 Å². The van der Waals surface area contributed by atoms with Gasteiger partial charge in [0.15, 0.2) is 0 Å². The van der Waals surface area contributed by atoms with E-state index in [2.05, 4.69) is 32.6 Å². The molecule has 1 aromatic heterocycles. The van der Waals surface area contributed by atoms with Gasteiger partial charge in [0.2, 0.25) is 0 Å². The molecule has 5 nitrogen and oxygen atoms in total. The smallest absolute Gasteiger partial charge is 0.141 e. The number of nitrogens with zero attached hydrogens (tertiary/aromatic N) is 3. The number of thiazole rings is 1. The van der Waals surface area contributed by atoms with Crippen molar-refractivity contribution in [2.45, 2.75) is 25.9 Å². The zero-order valence-electron chi connectivity index (χ0n) is 12.2. The Bertz CT molecular complexity index is 597. The number of aryl methyl sites for hydroxylation is 1. The van der Waals surface area contributed by atoms with Crippen molar-refractivity contribution in [3.05, 3.63) is 52.0 Å². The number of nitrogens with two attached hydrogens (primary N) is 1. The second-order valence-corrected chi connectivity index (χ2v) is 6.06. The number of oxime groups is 1. The van der Waals surface area contributed by atoms with E-state index in [9.17, 15) is 0 Å². The van der Waals surface area contributed by atoms with Gasteiger partial charge in [-0.25, -0.2) is 4.98 Å². The number of hydrogen-bond donors (Lipinski definition) is 2. The van der Waals surface area contributed by atoms with Gasteiger partial charge in [0, 0.05) is 24.4 Å². The lowest BCUT2D eigenvalue weighted by Crippen LogP contribution is -2.29. The Balaban J connectivity index is 2.18. The highest BCUT2D eigenvalue weighted by atomic mass is 32.1. The SMILES string of the molecule is Cc1nc(CN(C)C(CC(N)=NO)c2ccccc2)cs1. The van der Waals surface area contributed by atoms with Crippen LogP contribution in [0.25, 0.3) is 0 Å². The quantitative estimate of drug-likeness (QED) is 0.372. The molecular formula is C15H20N4OS. The molecule has 0 fully saturated rings. The van der Waals surface area contributed by atoms with Crippen LogP contribution < -0.4 is 5.73 Å². The normalized spacial score (nSPS) is 13.6. The molecule has 1 aromatic carbocycles. The van der Waals surface area contributed by atoms with Crippen molar-refractivity contribution in [1.82, 2.24) is 9.88 Å². The van der Waals surface area contributed by atoms with Crippen LogP contribution in [0.1, 0.15) is 28.7 Å². The summed E-state index contributed by atoms with van der Waals surface area (Å²) < 4.78 is 0. The maximum atomic E-state index is 8.84. The molecule has 1 heterocycles. The fraction of sp³-hybridized carbons (Fsp3) is 0.333. The zero-order valence-corrected chi connectivity index (χ0v) is 13.0. The van der Waals surface area contributed by atoms with Crippen LogP contribution in [-0.2, 0) is 6.54 Å². The van der Waals surface area contributed by atoms with Gasteiger partial charge in [-0.2, -0.15) is 0 Å². The Hall–Kier alpha value is -1.92. The lowest BCUT2D eigenvalue weighted by atomic mass is 10.0.